The van der Waals surface area contributed by atoms with Crippen molar-refractivity contribution < 1.29 is 9.53 Å². The predicted octanol–water partition coefficient (Wildman–Crippen LogP) is 4.28. The van der Waals surface area contributed by atoms with Gasteiger partial charge in [-0.2, -0.15) is 0 Å². The first kappa shape index (κ1) is 18.7. The summed E-state index contributed by atoms with van der Waals surface area (Å²) in [6.45, 7) is 4.83. The quantitative estimate of drug-likeness (QED) is 0.486. The van der Waals surface area contributed by atoms with Gasteiger partial charge < -0.3 is 14.6 Å². The first-order valence-corrected chi connectivity index (χ1v) is 10.7. The molecule has 5 heterocycles. The maximum atomic E-state index is 12.0. The molecule has 1 N–H and O–H groups in total. The Hall–Kier alpha value is -3.26. The molecule has 4 aromatic rings. The molecule has 0 saturated heterocycles. The molecule has 1 unspecified atom stereocenters. The molecule has 7 nitrogen and oxygen atoms in total. The van der Waals surface area contributed by atoms with Gasteiger partial charge >= 0.3 is 5.97 Å². The number of thiophene rings is 1. The van der Waals surface area contributed by atoms with Crippen LogP contribution in [0.1, 0.15) is 19.0 Å². The summed E-state index contributed by atoms with van der Waals surface area (Å²) < 4.78 is 8.44. The predicted molar refractivity (Wildman–Crippen MR) is 117 cm³/mol. The van der Waals surface area contributed by atoms with Gasteiger partial charge in [0.1, 0.15) is 5.69 Å². The summed E-state index contributed by atoms with van der Waals surface area (Å²) in [5.74, 6) is 0.559. The molecule has 0 radical (unpaired) electrons. The Morgan fingerprint density at radius 1 is 1.33 bits per heavy atom. The fourth-order valence-electron chi connectivity index (χ4n) is 3.83. The van der Waals surface area contributed by atoms with Crippen LogP contribution in [0.5, 0.6) is 0 Å². The minimum absolute atomic E-state index is 0.0409. The smallest absolute Gasteiger partial charge is 0.307 e. The molecule has 0 aromatic carbocycles. The highest BCUT2D eigenvalue weighted by Gasteiger charge is 2.31. The lowest BCUT2D eigenvalue weighted by molar-refractivity contribution is -0.143. The van der Waals surface area contributed by atoms with Crippen LogP contribution < -0.4 is 5.32 Å². The van der Waals surface area contributed by atoms with Gasteiger partial charge in [-0.1, -0.05) is 6.07 Å². The van der Waals surface area contributed by atoms with E-state index in [1.165, 1.54) is 4.70 Å². The van der Waals surface area contributed by atoms with Crippen molar-refractivity contribution in [3.8, 4) is 22.0 Å². The van der Waals surface area contributed by atoms with Crippen LogP contribution in [0.15, 0.2) is 42.7 Å². The van der Waals surface area contributed by atoms with E-state index in [1.54, 1.807) is 11.3 Å². The van der Waals surface area contributed by atoms with Crippen LogP contribution in [0, 0.1) is 6.92 Å². The highest BCUT2D eigenvalue weighted by Crippen LogP contribution is 2.41. The summed E-state index contributed by atoms with van der Waals surface area (Å²) in [4.78, 5) is 26.9. The van der Waals surface area contributed by atoms with Gasteiger partial charge in [-0.25, -0.2) is 4.98 Å². The number of carbonyl (C=O) groups excluding carboxylic acids is 1. The van der Waals surface area contributed by atoms with Gasteiger partial charge in [-0.05, 0) is 38.1 Å². The molecule has 8 heteroatoms. The van der Waals surface area contributed by atoms with Crippen LogP contribution in [-0.4, -0.2) is 38.1 Å². The summed E-state index contributed by atoms with van der Waals surface area (Å²) in [6.07, 6.45) is 4.00. The topological polar surface area (TPSA) is 81.9 Å². The number of fused-ring (bicyclic) bond motifs is 2. The molecule has 1 aliphatic heterocycles. The van der Waals surface area contributed by atoms with Gasteiger partial charge in [0.15, 0.2) is 0 Å². The summed E-state index contributed by atoms with van der Waals surface area (Å²) in [5.41, 5.74) is 3.64. The Morgan fingerprint density at radius 3 is 3.03 bits per heavy atom. The van der Waals surface area contributed by atoms with Gasteiger partial charge in [0, 0.05) is 34.7 Å². The van der Waals surface area contributed by atoms with E-state index in [1.807, 2.05) is 50.5 Å². The van der Waals surface area contributed by atoms with Crippen molar-refractivity contribution in [2.75, 3.05) is 11.9 Å². The number of aromatic nitrogens is 4. The first-order valence-electron chi connectivity index (χ1n) is 9.93. The number of esters is 1. The minimum Gasteiger partial charge on any atom is -0.466 e. The molecule has 0 spiro atoms. The zero-order valence-corrected chi connectivity index (χ0v) is 17.6. The molecule has 0 saturated carbocycles. The van der Waals surface area contributed by atoms with Crippen molar-refractivity contribution in [3.05, 3.63) is 48.4 Å². The van der Waals surface area contributed by atoms with Crippen LogP contribution in [-0.2, 0) is 16.1 Å². The van der Waals surface area contributed by atoms with E-state index in [9.17, 15) is 4.79 Å². The normalized spacial score (nSPS) is 15.2. The summed E-state index contributed by atoms with van der Waals surface area (Å²) in [6, 6.07) is 10.1. The number of carbonyl (C=O) groups is 1. The van der Waals surface area contributed by atoms with E-state index < -0.39 is 0 Å². The van der Waals surface area contributed by atoms with Crippen LogP contribution >= 0.6 is 11.3 Å². The number of imidazole rings is 1. The Balaban J connectivity index is 1.59. The highest BCUT2D eigenvalue weighted by molar-refractivity contribution is 7.22. The number of rotatable bonds is 5. The van der Waals surface area contributed by atoms with Crippen LogP contribution in [0.25, 0.3) is 32.0 Å². The van der Waals surface area contributed by atoms with Gasteiger partial charge in [0.2, 0.25) is 5.95 Å². The maximum Gasteiger partial charge on any atom is 0.307 e. The molecule has 5 rings (SSSR count). The second kappa shape index (κ2) is 7.53. The lowest BCUT2D eigenvalue weighted by Gasteiger charge is -2.11. The molecule has 30 heavy (non-hydrogen) atoms. The van der Waals surface area contributed by atoms with E-state index in [0.717, 1.165) is 39.0 Å². The van der Waals surface area contributed by atoms with Crippen LogP contribution in [0.3, 0.4) is 0 Å². The molecule has 0 amide bonds. The van der Waals surface area contributed by atoms with E-state index in [-0.39, 0.29) is 12.0 Å². The largest absolute Gasteiger partial charge is 0.466 e. The number of ether oxygens (including phenoxy) is 1. The van der Waals surface area contributed by atoms with Gasteiger partial charge in [-0.15, -0.1) is 11.3 Å². The Kier molecular flexibility index (Phi) is 4.71. The number of hydrogen-bond donors (Lipinski definition) is 1. The van der Waals surface area contributed by atoms with Gasteiger partial charge in [-0.3, -0.25) is 14.8 Å². The number of nitrogens with one attached hydrogen (secondary N) is 1. The average Bonchev–Trinajstić information content (AvgIpc) is 3.39. The van der Waals surface area contributed by atoms with Crippen LogP contribution in [0.2, 0.25) is 0 Å². The van der Waals surface area contributed by atoms with Gasteiger partial charge in [0.05, 0.1) is 35.3 Å². The van der Waals surface area contributed by atoms with Gasteiger partial charge in [0.25, 0.3) is 0 Å². The fraction of sp³-hybridized carbons (Fsp3) is 0.273. The molecule has 1 atom stereocenters. The highest BCUT2D eigenvalue weighted by atomic mass is 32.1. The second-order valence-electron chi connectivity index (χ2n) is 7.28. The Labute approximate surface area is 177 Å². The standard InChI is InChI=1S/C22H21N5O2S/c1-3-29-19(28)10-15-12-27-21(18-9-14-11-23-8-7-17(14)30-18)20(26-22(27)25-15)16-6-4-5-13(2)24-16/h4-9,11,15H,3,10,12H2,1-2H3,(H,25,26). The van der Waals surface area contributed by atoms with E-state index in [2.05, 4.69) is 20.9 Å². The summed E-state index contributed by atoms with van der Waals surface area (Å²) in [7, 11) is 0. The molecule has 0 aliphatic carbocycles. The zero-order chi connectivity index (χ0) is 20.7. The molecule has 0 fully saturated rings. The lowest BCUT2D eigenvalue weighted by Crippen LogP contribution is -2.22. The molecule has 152 valence electrons. The number of hydrogen-bond acceptors (Lipinski definition) is 7. The van der Waals surface area contributed by atoms with E-state index in [4.69, 9.17) is 14.7 Å². The van der Waals surface area contributed by atoms with Crippen molar-refractivity contribution >= 4 is 33.3 Å². The number of anilines is 1. The SMILES string of the molecule is CCOC(=O)CC1Cn2c(nc(-c3cccc(C)n3)c2-c2cc3cnccc3s2)N1. The third-order valence-corrected chi connectivity index (χ3v) is 6.23. The molecule has 4 aromatic heterocycles. The molecule has 1 aliphatic rings. The van der Waals surface area contributed by atoms with Crippen molar-refractivity contribution in [1.29, 1.82) is 0 Å². The summed E-state index contributed by atoms with van der Waals surface area (Å²) >= 11 is 1.71. The van der Waals surface area contributed by atoms with E-state index >= 15 is 0 Å². The number of pyridine rings is 2. The third-order valence-electron chi connectivity index (χ3n) is 5.10. The van der Waals surface area contributed by atoms with E-state index in [0.29, 0.717) is 19.6 Å². The van der Waals surface area contributed by atoms with Crippen molar-refractivity contribution in [2.45, 2.75) is 32.9 Å². The molecule has 0 bridgehead atoms. The van der Waals surface area contributed by atoms with Crippen LogP contribution in [0.4, 0.5) is 5.95 Å². The first-order chi connectivity index (χ1) is 14.6. The number of nitrogens with zero attached hydrogens (tertiary/aromatic N) is 4. The third kappa shape index (κ3) is 3.33. The number of aryl methyl sites for hydroxylation is 1. The molecular weight excluding hydrogens is 398 g/mol. The van der Waals surface area contributed by atoms with Crippen molar-refractivity contribution in [2.24, 2.45) is 0 Å². The molecular formula is C22H21N5O2S. The zero-order valence-electron chi connectivity index (χ0n) is 16.8. The average molecular weight is 420 g/mol. The van der Waals surface area contributed by atoms with Crippen molar-refractivity contribution in [1.82, 2.24) is 19.5 Å². The fourth-order valence-corrected chi connectivity index (χ4v) is 4.92. The summed E-state index contributed by atoms with van der Waals surface area (Å²) in [5, 5.41) is 4.49. The Bertz CT molecular complexity index is 1210. The van der Waals surface area contributed by atoms with Crippen molar-refractivity contribution in [3.63, 3.8) is 0 Å². The maximum absolute atomic E-state index is 12.0. The lowest BCUT2D eigenvalue weighted by atomic mass is 10.1. The second-order valence-corrected chi connectivity index (χ2v) is 8.37. The monoisotopic (exact) mass is 419 g/mol. The minimum atomic E-state index is -0.198. The Morgan fingerprint density at radius 2 is 2.23 bits per heavy atom.